The number of rotatable bonds is 4. The summed E-state index contributed by atoms with van der Waals surface area (Å²) in [5, 5.41) is 7.96. The molecular weight excluding hydrogens is 358 g/mol. The Bertz CT molecular complexity index is 1070. The van der Waals surface area contributed by atoms with Gasteiger partial charge in [0.15, 0.2) is 5.69 Å². The van der Waals surface area contributed by atoms with Gasteiger partial charge in [-0.15, -0.1) is 0 Å². The first-order valence-electron chi connectivity index (χ1n) is 10.4. The Hall–Kier alpha value is -2.88. The predicted molar refractivity (Wildman–Crippen MR) is 114 cm³/mol. The van der Waals surface area contributed by atoms with Gasteiger partial charge in [0.25, 0.3) is 5.91 Å². The summed E-state index contributed by atoms with van der Waals surface area (Å²) in [7, 11) is 0. The summed E-state index contributed by atoms with van der Waals surface area (Å²) >= 11 is 0. The van der Waals surface area contributed by atoms with Gasteiger partial charge in [-0.05, 0) is 41.9 Å². The number of carbonyl (C=O) groups excluding carboxylic acids is 1. The van der Waals surface area contributed by atoms with Crippen molar-refractivity contribution in [1.82, 2.24) is 15.1 Å². The molecule has 1 amide bonds. The highest BCUT2D eigenvalue weighted by Gasteiger charge is 2.63. The van der Waals surface area contributed by atoms with Crippen LogP contribution in [0.15, 0.2) is 60.7 Å². The van der Waals surface area contributed by atoms with Crippen LogP contribution in [0.25, 0.3) is 5.69 Å². The first-order valence-corrected chi connectivity index (χ1v) is 10.4. The summed E-state index contributed by atoms with van der Waals surface area (Å²) in [4.78, 5) is 13.2. The third kappa shape index (κ3) is 2.51. The second-order valence-corrected chi connectivity index (χ2v) is 9.17. The largest absolute Gasteiger partial charge is 0.347 e. The van der Waals surface area contributed by atoms with Gasteiger partial charge in [0.05, 0.1) is 11.4 Å². The molecule has 2 atom stereocenters. The number of hydrogen-bond donors (Lipinski definition) is 1. The molecule has 2 unspecified atom stereocenters. The van der Waals surface area contributed by atoms with Crippen LogP contribution in [0.5, 0.6) is 0 Å². The van der Waals surface area contributed by atoms with E-state index in [2.05, 4.69) is 38.2 Å². The van der Waals surface area contributed by atoms with Gasteiger partial charge >= 0.3 is 0 Å². The van der Waals surface area contributed by atoms with Gasteiger partial charge in [-0.25, -0.2) is 4.68 Å². The molecule has 0 spiro atoms. The molecule has 2 aliphatic carbocycles. The van der Waals surface area contributed by atoms with Crippen LogP contribution < -0.4 is 5.32 Å². The molecule has 2 aromatic carbocycles. The van der Waals surface area contributed by atoms with E-state index in [1.165, 1.54) is 5.69 Å². The average Bonchev–Trinajstić information content (AvgIpc) is 3.30. The monoisotopic (exact) mass is 385 g/mol. The summed E-state index contributed by atoms with van der Waals surface area (Å²) in [5.41, 5.74) is 5.25. The fourth-order valence-corrected chi connectivity index (χ4v) is 5.51. The Morgan fingerprint density at radius 3 is 2.41 bits per heavy atom. The van der Waals surface area contributed by atoms with Crippen molar-refractivity contribution >= 4 is 5.91 Å². The number of aromatic nitrogens is 2. The molecule has 29 heavy (non-hydrogen) atoms. The summed E-state index contributed by atoms with van der Waals surface area (Å²) in [6, 6.07) is 20.2. The lowest BCUT2D eigenvalue weighted by molar-refractivity contribution is 0.0943. The standard InChI is InChI=1S/C25H27N3O/c1-24(2)19-14-15-25(24,3)22-20(19)21(27-28(22)18-12-8-5-9-13-18)23(29)26-16-17-10-6-4-7-11-17/h4-13,19H,14-16H2,1-3H3,(H,26,29). The number of para-hydroxylation sites is 1. The first kappa shape index (κ1) is 18.2. The predicted octanol–water partition coefficient (Wildman–Crippen LogP) is 4.98. The number of hydrogen-bond acceptors (Lipinski definition) is 2. The van der Waals surface area contributed by atoms with Crippen LogP contribution in [0.1, 0.15) is 66.8 Å². The molecule has 1 heterocycles. The van der Waals surface area contributed by atoms with Crippen molar-refractivity contribution in [2.75, 3.05) is 0 Å². The van der Waals surface area contributed by atoms with Crippen LogP contribution >= 0.6 is 0 Å². The molecule has 1 aromatic heterocycles. The first-order chi connectivity index (χ1) is 13.9. The molecule has 148 valence electrons. The summed E-state index contributed by atoms with van der Waals surface area (Å²) in [6.45, 7) is 7.57. The van der Waals surface area contributed by atoms with Crippen LogP contribution in [0.2, 0.25) is 0 Å². The van der Waals surface area contributed by atoms with E-state index in [1.807, 2.05) is 53.2 Å². The van der Waals surface area contributed by atoms with E-state index >= 15 is 0 Å². The van der Waals surface area contributed by atoms with Crippen molar-refractivity contribution in [2.24, 2.45) is 5.41 Å². The van der Waals surface area contributed by atoms with E-state index in [4.69, 9.17) is 5.10 Å². The van der Waals surface area contributed by atoms with Gasteiger partial charge < -0.3 is 5.32 Å². The van der Waals surface area contributed by atoms with Crippen LogP contribution in [0.4, 0.5) is 0 Å². The second kappa shape index (κ2) is 6.31. The molecule has 4 heteroatoms. The minimum atomic E-state index is -0.0771. The van der Waals surface area contributed by atoms with E-state index in [9.17, 15) is 4.79 Å². The van der Waals surface area contributed by atoms with Gasteiger partial charge in [0.2, 0.25) is 0 Å². The summed E-state index contributed by atoms with van der Waals surface area (Å²) in [5.74, 6) is 0.296. The molecule has 1 fully saturated rings. The molecule has 3 aromatic rings. The number of benzene rings is 2. The van der Waals surface area contributed by atoms with Crippen LogP contribution in [0.3, 0.4) is 0 Å². The van der Waals surface area contributed by atoms with E-state index in [1.54, 1.807) is 0 Å². The molecule has 1 N–H and O–H groups in total. The SMILES string of the molecule is CC12CCC(c3c(C(=O)NCc4ccccc4)nn(-c4ccccc4)c31)C2(C)C. The Morgan fingerprint density at radius 2 is 1.72 bits per heavy atom. The van der Waals surface area contributed by atoms with Gasteiger partial charge in [-0.1, -0.05) is 69.3 Å². The third-order valence-corrected chi connectivity index (χ3v) is 7.53. The van der Waals surface area contributed by atoms with E-state index in [-0.39, 0.29) is 16.7 Å². The lowest BCUT2D eigenvalue weighted by atomic mass is 9.70. The molecule has 2 bridgehead atoms. The topological polar surface area (TPSA) is 46.9 Å². The van der Waals surface area contributed by atoms with Crippen molar-refractivity contribution in [3.63, 3.8) is 0 Å². The molecule has 0 aliphatic heterocycles. The van der Waals surface area contributed by atoms with Crippen molar-refractivity contribution in [2.45, 2.75) is 51.5 Å². The van der Waals surface area contributed by atoms with Gasteiger partial charge in [0.1, 0.15) is 0 Å². The fourth-order valence-electron chi connectivity index (χ4n) is 5.51. The summed E-state index contributed by atoms with van der Waals surface area (Å²) in [6.07, 6.45) is 2.26. The molecule has 0 radical (unpaired) electrons. The highest BCUT2D eigenvalue weighted by atomic mass is 16.2. The molecule has 1 saturated carbocycles. The lowest BCUT2D eigenvalue weighted by Crippen LogP contribution is -2.33. The van der Waals surface area contributed by atoms with Crippen LogP contribution in [-0.2, 0) is 12.0 Å². The van der Waals surface area contributed by atoms with Crippen molar-refractivity contribution in [1.29, 1.82) is 0 Å². The van der Waals surface area contributed by atoms with Crippen molar-refractivity contribution < 1.29 is 4.79 Å². The van der Waals surface area contributed by atoms with Gasteiger partial charge in [-0.3, -0.25) is 4.79 Å². The lowest BCUT2D eigenvalue weighted by Gasteiger charge is -2.35. The maximum absolute atomic E-state index is 13.2. The third-order valence-electron chi connectivity index (χ3n) is 7.53. The Morgan fingerprint density at radius 1 is 1.07 bits per heavy atom. The number of carbonyl (C=O) groups is 1. The van der Waals surface area contributed by atoms with Gasteiger partial charge in [0, 0.05) is 17.5 Å². The Kier molecular flexibility index (Phi) is 3.95. The zero-order chi connectivity index (χ0) is 20.2. The highest BCUT2D eigenvalue weighted by Crippen LogP contribution is 2.68. The zero-order valence-corrected chi connectivity index (χ0v) is 17.3. The molecular formula is C25H27N3O. The zero-order valence-electron chi connectivity index (χ0n) is 17.3. The Balaban J connectivity index is 1.59. The average molecular weight is 386 g/mol. The van der Waals surface area contributed by atoms with Crippen LogP contribution in [0, 0.1) is 5.41 Å². The smallest absolute Gasteiger partial charge is 0.272 e. The quantitative estimate of drug-likeness (QED) is 0.689. The molecule has 2 aliphatic rings. The fraction of sp³-hybridized carbons (Fsp3) is 0.360. The number of fused-ring (bicyclic) bond motifs is 5. The van der Waals surface area contributed by atoms with Gasteiger partial charge in [-0.2, -0.15) is 5.10 Å². The van der Waals surface area contributed by atoms with Crippen molar-refractivity contribution in [3.8, 4) is 5.69 Å². The maximum atomic E-state index is 13.2. The highest BCUT2D eigenvalue weighted by molar-refractivity contribution is 5.95. The summed E-state index contributed by atoms with van der Waals surface area (Å²) < 4.78 is 2.04. The van der Waals surface area contributed by atoms with Crippen molar-refractivity contribution in [3.05, 3.63) is 83.2 Å². The minimum Gasteiger partial charge on any atom is -0.347 e. The normalized spacial score (nSPS) is 23.8. The molecule has 0 saturated heterocycles. The van der Waals surface area contributed by atoms with Crippen LogP contribution in [-0.4, -0.2) is 15.7 Å². The van der Waals surface area contributed by atoms with E-state index in [0.29, 0.717) is 18.2 Å². The second-order valence-electron chi connectivity index (χ2n) is 9.17. The number of nitrogens with zero attached hydrogens (tertiary/aromatic N) is 2. The molecule has 4 nitrogen and oxygen atoms in total. The molecule has 5 rings (SSSR count). The van der Waals surface area contributed by atoms with E-state index < -0.39 is 0 Å². The minimum absolute atomic E-state index is 0.0216. The number of amides is 1. The maximum Gasteiger partial charge on any atom is 0.272 e. The van der Waals surface area contributed by atoms with E-state index in [0.717, 1.165) is 29.7 Å². The Labute approximate surface area is 172 Å². The number of nitrogens with one attached hydrogen (secondary N) is 1.